The van der Waals surface area contributed by atoms with Gasteiger partial charge in [-0.05, 0) is 41.7 Å². The average molecular weight is 356 g/mol. The van der Waals surface area contributed by atoms with Crippen LogP contribution >= 0.6 is 0 Å². The van der Waals surface area contributed by atoms with Crippen LogP contribution in [0.3, 0.4) is 0 Å². The third kappa shape index (κ3) is 4.81. The molecule has 0 heterocycles. The Balaban J connectivity index is 2.21. The molecule has 0 aliphatic heterocycles. The van der Waals surface area contributed by atoms with E-state index in [1.54, 1.807) is 18.2 Å². The molecule has 2 aromatic rings. The molecule has 138 valence electrons. The third-order valence-corrected chi connectivity index (χ3v) is 3.90. The second-order valence-electron chi connectivity index (χ2n) is 7.07. The molecule has 0 aromatic heterocycles. The molecular formula is C20H24N2O4. The summed E-state index contributed by atoms with van der Waals surface area (Å²) in [5.41, 5.74) is 1.49. The van der Waals surface area contributed by atoms with Crippen molar-refractivity contribution in [2.24, 2.45) is 0 Å². The molecule has 1 amide bonds. The van der Waals surface area contributed by atoms with Crippen molar-refractivity contribution >= 4 is 17.3 Å². The summed E-state index contributed by atoms with van der Waals surface area (Å²) < 4.78 is 5.42. The maximum Gasteiger partial charge on any atom is 0.296 e. The molecular weight excluding hydrogens is 332 g/mol. The van der Waals surface area contributed by atoms with Crippen molar-refractivity contribution in [2.45, 2.75) is 39.5 Å². The SMILES string of the molecule is CCCOc1ccc(NC(=O)c2ccc(C(C)(C)C)cc2)c([N+](=O)[O-])c1. The van der Waals surface area contributed by atoms with Crippen LogP contribution in [0, 0.1) is 10.1 Å². The van der Waals surface area contributed by atoms with Crippen molar-refractivity contribution < 1.29 is 14.5 Å². The number of nitrogens with zero attached hydrogens (tertiary/aromatic N) is 1. The monoisotopic (exact) mass is 356 g/mol. The van der Waals surface area contributed by atoms with E-state index in [-0.39, 0.29) is 16.8 Å². The first-order chi connectivity index (χ1) is 12.2. The van der Waals surface area contributed by atoms with Gasteiger partial charge in [-0.2, -0.15) is 0 Å². The molecule has 2 rings (SSSR count). The van der Waals surface area contributed by atoms with Crippen molar-refractivity contribution in [2.75, 3.05) is 11.9 Å². The van der Waals surface area contributed by atoms with E-state index in [1.165, 1.54) is 12.1 Å². The van der Waals surface area contributed by atoms with Gasteiger partial charge in [0.05, 0.1) is 17.6 Å². The Hall–Kier alpha value is -2.89. The molecule has 0 aliphatic rings. The minimum Gasteiger partial charge on any atom is -0.493 e. The Kier molecular flexibility index (Phi) is 5.97. The summed E-state index contributed by atoms with van der Waals surface area (Å²) in [4.78, 5) is 23.2. The van der Waals surface area contributed by atoms with Gasteiger partial charge in [0.25, 0.3) is 11.6 Å². The van der Waals surface area contributed by atoms with Gasteiger partial charge in [-0.3, -0.25) is 14.9 Å². The Morgan fingerprint density at radius 1 is 1.15 bits per heavy atom. The van der Waals surface area contributed by atoms with Crippen LogP contribution < -0.4 is 10.1 Å². The molecule has 0 saturated carbocycles. The lowest BCUT2D eigenvalue weighted by molar-refractivity contribution is -0.384. The number of hydrogen-bond donors (Lipinski definition) is 1. The second kappa shape index (κ2) is 7.99. The fraction of sp³-hybridized carbons (Fsp3) is 0.350. The van der Waals surface area contributed by atoms with Crippen molar-refractivity contribution in [3.8, 4) is 5.75 Å². The van der Waals surface area contributed by atoms with Crippen LogP contribution in [-0.4, -0.2) is 17.4 Å². The van der Waals surface area contributed by atoms with Crippen molar-refractivity contribution in [3.63, 3.8) is 0 Å². The summed E-state index contributed by atoms with van der Waals surface area (Å²) in [5.74, 6) is 0.0156. The van der Waals surface area contributed by atoms with E-state index in [9.17, 15) is 14.9 Å². The summed E-state index contributed by atoms with van der Waals surface area (Å²) in [6.07, 6.45) is 0.802. The number of rotatable bonds is 6. The first-order valence-electron chi connectivity index (χ1n) is 8.55. The van der Waals surface area contributed by atoms with Crippen LogP contribution in [0.15, 0.2) is 42.5 Å². The Morgan fingerprint density at radius 2 is 1.81 bits per heavy atom. The van der Waals surface area contributed by atoms with Crippen LogP contribution in [0.2, 0.25) is 0 Å². The second-order valence-corrected chi connectivity index (χ2v) is 7.07. The average Bonchev–Trinajstić information content (AvgIpc) is 2.60. The highest BCUT2D eigenvalue weighted by Crippen LogP contribution is 2.30. The number of amides is 1. The first kappa shape index (κ1) is 19.4. The highest BCUT2D eigenvalue weighted by Gasteiger charge is 2.19. The topological polar surface area (TPSA) is 81.5 Å². The van der Waals surface area contributed by atoms with Gasteiger partial charge in [-0.25, -0.2) is 0 Å². The lowest BCUT2D eigenvalue weighted by Crippen LogP contribution is -2.15. The number of carbonyl (C=O) groups excluding carboxylic acids is 1. The van der Waals surface area contributed by atoms with E-state index in [4.69, 9.17) is 4.74 Å². The number of anilines is 1. The zero-order chi connectivity index (χ0) is 19.3. The van der Waals surface area contributed by atoms with Crippen LogP contribution in [0.5, 0.6) is 5.75 Å². The highest BCUT2D eigenvalue weighted by molar-refractivity contribution is 6.05. The zero-order valence-corrected chi connectivity index (χ0v) is 15.5. The number of nitrogens with one attached hydrogen (secondary N) is 1. The zero-order valence-electron chi connectivity index (χ0n) is 15.5. The number of hydrogen-bond acceptors (Lipinski definition) is 4. The van der Waals surface area contributed by atoms with Crippen molar-refractivity contribution in [3.05, 3.63) is 63.7 Å². The molecule has 0 bridgehead atoms. The van der Waals surface area contributed by atoms with Crippen LogP contribution in [-0.2, 0) is 5.41 Å². The summed E-state index contributed by atoms with van der Waals surface area (Å²) >= 11 is 0. The van der Waals surface area contributed by atoms with E-state index in [2.05, 4.69) is 26.1 Å². The normalized spacial score (nSPS) is 11.1. The number of nitro groups is 1. The predicted octanol–water partition coefficient (Wildman–Crippen LogP) is 4.93. The Labute approximate surface area is 153 Å². The van der Waals surface area contributed by atoms with E-state index in [1.807, 2.05) is 19.1 Å². The molecule has 1 N–H and O–H groups in total. The van der Waals surface area contributed by atoms with E-state index in [0.29, 0.717) is 17.9 Å². The largest absolute Gasteiger partial charge is 0.493 e. The number of benzene rings is 2. The highest BCUT2D eigenvalue weighted by atomic mass is 16.6. The summed E-state index contributed by atoms with van der Waals surface area (Å²) in [6, 6.07) is 11.7. The minimum atomic E-state index is -0.531. The van der Waals surface area contributed by atoms with Gasteiger partial charge in [0.2, 0.25) is 0 Å². The van der Waals surface area contributed by atoms with Gasteiger partial charge in [-0.1, -0.05) is 39.8 Å². The van der Waals surface area contributed by atoms with Crippen molar-refractivity contribution in [1.29, 1.82) is 0 Å². The van der Waals surface area contributed by atoms with Gasteiger partial charge >= 0.3 is 0 Å². The number of nitro benzene ring substituents is 1. The molecule has 0 aliphatic carbocycles. The number of ether oxygens (including phenoxy) is 1. The van der Waals surface area contributed by atoms with Crippen molar-refractivity contribution in [1.82, 2.24) is 0 Å². The minimum absolute atomic E-state index is 0.0118. The van der Waals surface area contributed by atoms with E-state index >= 15 is 0 Å². The molecule has 0 radical (unpaired) electrons. The predicted molar refractivity (Wildman–Crippen MR) is 102 cm³/mol. The molecule has 26 heavy (non-hydrogen) atoms. The van der Waals surface area contributed by atoms with Gasteiger partial charge in [0.1, 0.15) is 11.4 Å². The molecule has 6 nitrogen and oxygen atoms in total. The molecule has 0 saturated heterocycles. The summed E-state index contributed by atoms with van der Waals surface area (Å²) in [6.45, 7) is 8.70. The molecule has 0 unspecified atom stereocenters. The fourth-order valence-electron chi connectivity index (χ4n) is 2.39. The van der Waals surface area contributed by atoms with Gasteiger partial charge in [-0.15, -0.1) is 0 Å². The third-order valence-electron chi connectivity index (χ3n) is 3.90. The van der Waals surface area contributed by atoms with E-state index in [0.717, 1.165) is 12.0 Å². The molecule has 6 heteroatoms. The number of carbonyl (C=O) groups is 1. The summed E-state index contributed by atoms with van der Waals surface area (Å²) in [7, 11) is 0. The molecule has 0 atom stereocenters. The molecule has 0 fully saturated rings. The Bertz CT molecular complexity index is 792. The fourth-order valence-corrected chi connectivity index (χ4v) is 2.39. The maximum absolute atomic E-state index is 12.4. The maximum atomic E-state index is 12.4. The van der Waals surface area contributed by atoms with E-state index < -0.39 is 10.8 Å². The standard InChI is InChI=1S/C20H24N2O4/c1-5-12-26-16-10-11-17(18(13-16)22(24)25)21-19(23)14-6-8-15(9-7-14)20(2,3)4/h6-11,13H,5,12H2,1-4H3,(H,21,23). The quantitative estimate of drug-likeness (QED) is 0.587. The first-order valence-corrected chi connectivity index (χ1v) is 8.55. The van der Waals surface area contributed by atoms with Crippen LogP contribution in [0.1, 0.15) is 50.0 Å². The lowest BCUT2D eigenvalue weighted by Gasteiger charge is -2.19. The van der Waals surface area contributed by atoms with Crippen LogP contribution in [0.4, 0.5) is 11.4 Å². The van der Waals surface area contributed by atoms with Gasteiger partial charge in [0.15, 0.2) is 0 Å². The lowest BCUT2D eigenvalue weighted by atomic mass is 9.87. The summed E-state index contributed by atoms with van der Waals surface area (Å²) in [5, 5.41) is 13.9. The Morgan fingerprint density at radius 3 is 2.35 bits per heavy atom. The smallest absolute Gasteiger partial charge is 0.296 e. The van der Waals surface area contributed by atoms with Gasteiger partial charge < -0.3 is 10.1 Å². The van der Waals surface area contributed by atoms with Gasteiger partial charge in [0, 0.05) is 5.56 Å². The molecule has 2 aromatic carbocycles. The van der Waals surface area contributed by atoms with Crippen LogP contribution in [0.25, 0.3) is 0 Å². The molecule has 0 spiro atoms.